The molecule has 2 heterocycles. The smallest absolute Gasteiger partial charge is 0.133 e. The lowest BCUT2D eigenvalue weighted by Crippen LogP contribution is -2.46. The van der Waals surface area contributed by atoms with E-state index in [0.29, 0.717) is 12.1 Å². The Balaban J connectivity index is 1.70. The molecule has 0 amide bonds. The first kappa shape index (κ1) is 15.8. The second-order valence-electron chi connectivity index (χ2n) is 5.68. The molecule has 122 valence electrons. The lowest BCUT2D eigenvalue weighted by molar-refractivity contribution is 0.170. The molecule has 1 aromatic carbocycles. The highest BCUT2D eigenvalue weighted by Crippen LogP contribution is 2.20. The third kappa shape index (κ3) is 3.65. The van der Waals surface area contributed by atoms with Gasteiger partial charge < -0.3 is 9.88 Å². The molecule has 4 nitrogen and oxygen atoms in total. The van der Waals surface area contributed by atoms with Crippen LogP contribution in [0, 0.1) is 11.6 Å². The van der Waals surface area contributed by atoms with Crippen LogP contribution in [0.5, 0.6) is 0 Å². The summed E-state index contributed by atoms with van der Waals surface area (Å²) < 4.78 is 28.6. The summed E-state index contributed by atoms with van der Waals surface area (Å²) >= 11 is 0. The number of hydrogen-bond donors (Lipinski definition) is 1. The van der Waals surface area contributed by atoms with Crippen LogP contribution in [0.3, 0.4) is 0 Å². The molecule has 1 saturated heterocycles. The van der Waals surface area contributed by atoms with E-state index >= 15 is 0 Å². The summed E-state index contributed by atoms with van der Waals surface area (Å²) in [5, 5.41) is 3.38. The molecule has 0 saturated carbocycles. The predicted molar refractivity (Wildman–Crippen MR) is 85.8 cm³/mol. The van der Waals surface area contributed by atoms with E-state index in [9.17, 15) is 8.78 Å². The fraction of sp³-hybridized carbons (Fsp3) is 0.353. The zero-order valence-corrected chi connectivity index (χ0v) is 13.0. The van der Waals surface area contributed by atoms with E-state index in [1.165, 1.54) is 12.1 Å². The standard InChI is InChI=1S/C17H20F2N4/c1-22-9-7-21-17(22)16-12-20-6-10-23(16)8-2-3-13-4-5-14(18)11-15(13)19/h2-5,7,9,11,16,20H,6,8,10,12H2,1H3/b3-2+. The number of rotatable bonds is 4. The number of nitrogens with one attached hydrogen (secondary N) is 1. The molecule has 1 atom stereocenters. The number of piperazine rings is 1. The van der Waals surface area contributed by atoms with Crippen molar-refractivity contribution >= 4 is 6.08 Å². The van der Waals surface area contributed by atoms with Crippen LogP contribution in [0.15, 0.2) is 36.7 Å². The number of nitrogens with zero attached hydrogens (tertiary/aromatic N) is 3. The first-order valence-electron chi connectivity index (χ1n) is 7.69. The molecule has 23 heavy (non-hydrogen) atoms. The lowest BCUT2D eigenvalue weighted by Gasteiger charge is -2.34. The molecule has 1 fully saturated rings. The van der Waals surface area contributed by atoms with Gasteiger partial charge in [-0.3, -0.25) is 4.90 Å². The van der Waals surface area contributed by atoms with E-state index in [4.69, 9.17) is 0 Å². The van der Waals surface area contributed by atoms with Crippen molar-refractivity contribution in [3.8, 4) is 0 Å². The minimum absolute atomic E-state index is 0.187. The van der Waals surface area contributed by atoms with Crippen LogP contribution < -0.4 is 5.32 Å². The van der Waals surface area contributed by atoms with Crippen LogP contribution in [0.4, 0.5) is 8.78 Å². The zero-order valence-electron chi connectivity index (χ0n) is 13.0. The van der Waals surface area contributed by atoms with Gasteiger partial charge in [-0.05, 0) is 12.1 Å². The third-order valence-corrected chi connectivity index (χ3v) is 4.11. The Labute approximate surface area is 134 Å². The second-order valence-corrected chi connectivity index (χ2v) is 5.68. The van der Waals surface area contributed by atoms with Gasteiger partial charge in [0.1, 0.15) is 17.5 Å². The van der Waals surface area contributed by atoms with E-state index in [1.54, 1.807) is 12.3 Å². The molecule has 1 N–H and O–H groups in total. The molecule has 1 aliphatic rings. The summed E-state index contributed by atoms with van der Waals surface area (Å²) in [6, 6.07) is 3.81. The Hall–Kier alpha value is -2.05. The van der Waals surface area contributed by atoms with E-state index in [-0.39, 0.29) is 6.04 Å². The van der Waals surface area contributed by atoms with Crippen molar-refractivity contribution in [1.82, 2.24) is 19.8 Å². The maximum absolute atomic E-state index is 13.6. The minimum Gasteiger partial charge on any atom is -0.337 e. The van der Waals surface area contributed by atoms with Gasteiger partial charge >= 0.3 is 0 Å². The molecule has 1 unspecified atom stereocenters. The van der Waals surface area contributed by atoms with Crippen molar-refractivity contribution in [3.63, 3.8) is 0 Å². The molecule has 3 rings (SSSR count). The number of imidazole rings is 1. The third-order valence-electron chi connectivity index (χ3n) is 4.11. The molecule has 0 aliphatic carbocycles. The Morgan fingerprint density at radius 1 is 1.39 bits per heavy atom. The lowest BCUT2D eigenvalue weighted by atomic mass is 10.1. The van der Waals surface area contributed by atoms with Gasteiger partial charge in [-0.15, -0.1) is 0 Å². The number of aromatic nitrogens is 2. The summed E-state index contributed by atoms with van der Waals surface area (Å²) in [6.45, 7) is 3.34. The molecule has 6 heteroatoms. The van der Waals surface area contributed by atoms with Crippen molar-refractivity contribution < 1.29 is 8.78 Å². The monoisotopic (exact) mass is 318 g/mol. The quantitative estimate of drug-likeness (QED) is 0.939. The van der Waals surface area contributed by atoms with Crippen LogP contribution in [0.1, 0.15) is 17.4 Å². The van der Waals surface area contributed by atoms with Crippen molar-refractivity contribution in [2.24, 2.45) is 7.05 Å². The Bertz CT molecular complexity index is 696. The Morgan fingerprint density at radius 3 is 3.00 bits per heavy atom. The van der Waals surface area contributed by atoms with Crippen LogP contribution in [0.2, 0.25) is 0 Å². The van der Waals surface area contributed by atoms with Crippen molar-refractivity contribution in [2.75, 3.05) is 26.2 Å². The number of hydrogen-bond acceptors (Lipinski definition) is 3. The van der Waals surface area contributed by atoms with Crippen LogP contribution >= 0.6 is 0 Å². The van der Waals surface area contributed by atoms with Crippen LogP contribution in [0.25, 0.3) is 6.08 Å². The predicted octanol–water partition coefficient (Wildman–Crippen LogP) is 2.36. The van der Waals surface area contributed by atoms with E-state index < -0.39 is 11.6 Å². The van der Waals surface area contributed by atoms with Gasteiger partial charge in [0.25, 0.3) is 0 Å². The fourth-order valence-corrected chi connectivity index (χ4v) is 2.87. The number of aryl methyl sites for hydroxylation is 1. The van der Waals surface area contributed by atoms with Crippen molar-refractivity contribution in [1.29, 1.82) is 0 Å². The average molecular weight is 318 g/mol. The molecular weight excluding hydrogens is 298 g/mol. The van der Waals surface area contributed by atoms with E-state index in [0.717, 1.165) is 31.5 Å². The van der Waals surface area contributed by atoms with Gasteiger partial charge in [0, 0.05) is 57.3 Å². The van der Waals surface area contributed by atoms with Crippen LogP contribution in [-0.4, -0.2) is 40.6 Å². The Kier molecular flexibility index (Phi) is 4.83. The molecule has 1 aromatic heterocycles. The van der Waals surface area contributed by atoms with Gasteiger partial charge in [0.15, 0.2) is 0 Å². The SMILES string of the molecule is Cn1ccnc1C1CNCCN1C/C=C/c1ccc(F)cc1F. The molecule has 1 aliphatic heterocycles. The van der Waals surface area contributed by atoms with E-state index in [1.807, 2.05) is 23.9 Å². The van der Waals surface area contributed by atoms with Gasteiger partial charge in [-0.1, -0.05) is 12.2 Å². The van der Waals surface area contributed by atoms with Crippen molar-refractivity contribution in [3.05, 3.63) is 59.7 Å². The van der Waals surface area contributed by atoms with Gasteiger partial charge in [-0.25, -0.2) is 13.8 Å². The average Bonchev–Trinajstić information content (AvgIpc) is 2.96. The number of benzene rings is 1. The molecule has 2 aromatic rings. The largest absolute Gasteiger partial charge is 0.337 e. The highest BCUT2D eigenvalue weighted by atomic mass is 19.1. The molecule has 0 bridgehead atoms. The number of halogens is 2. The molecule has 0 radical (unpaired) electrons. The van der Waals surface area contributed by atoms with Gasteiger partial charge in [0.2, 0.25) is 0 Å². The maximum atomic E-state index is 13.6. The second kappa shape index (κ2) is 7.02. The van der Waals surface area contributed by atoms with Gasteiger partial charge in [-0.2, -0.15) is 0 Å². The van der Waals surface area contributed by atoms with Gasteiger partial charge in [0.05, 0.1) is 6.04 Å². The summed E-state index contributed by atoms with van der Waals surface area (Å²) in [5.41, 5.74) is 0.398. The Morgan fingerprint density at radius 2 is 2.26 bits per heavy atom. The highest BCUT2D eigenvalue weighted by Gasteiger charge is 2.25. The normalized spacial score (nSPS) is 19.5. The first-order chi connectivity index (χ1) is 11.1. The fourth-order valence-electron chi connectivity index (χ4n) is 2.87. The minimum atomic E-state index is -0.559. The van der Waals surface area contributed by atoms with E-state index in [2.05, 4.69) is 15.2 Å². The molecule has 0 spiro atoms. The topological polar surface area (TPSA) is 33.1 Å². The zero-order chi connectivity index (χ0) is 16.2. The molecular formula is C17H20F2N4. The summed E-state index contributed by atoms with van der Waals surface area (Å²) in [5.74, 6) is -0.0858. The summed E-state index contributed by atoms with van der Waals surface area (Å²) in [4.78, 5) is 6.74. The summed E-state index contributed by atoms with van der Waals surface area (Å²) in [7, 11) is 1.98. The maximum Gasteiger partial charge on any atom is 0.133 e. The highest BCUT2D eigenvalue weighted by molar-refractivity contribution is 5.50. The van der Waals surface area contributed by atoms with Crippen LogP contribution in [-0.2, 0) is 7.05 Å². The first-order valence-corrected chi connectivity index (χ1v) is 7.69. The summed E-state index contributed by atoms with van der Waals surface area (Å²) in [6.07, 6.45) is 7.35. The van der Waals surface area contributed by atoms with Crippen molar-refractivity contribution in [2.45, 2.75) is 6.04 Å².